The van der Waals surface area contributed by atoms with Gasteiger partial charge in [0.05, 0.1) is 0 Å². The maximum Gasteiger partial charge on any atom is 0.379 e. The normalized spacial score (nSPS) is 18.4. The highest BCUT2D eigenvalue weighted by atomic mass is 16.6. The first-order valence-corrected chi connectivity index (χ1v) is 1.22. The van der Waals surface area contributed by atoms with Gasteiger partial charge in [0.2, 0.25) is 5.76 Å². The van der Waals surface area contributed by atoms with Crippen LogP contribution in [0, 0.1) is 0 Å². The molecule has 2 nitrogen and oxygen atoms in total. The summed E-state index contributed by atoms with van der Waals surface area (Å²) in [5.41, 5.74) is 0. The average molecular weight is 70.0 g/mol. The first-order chi connectivity index (χ1) is 2.30. The molecule has 0 amide bonds. The molecule has 0 radical (unpaired) electrons. The van der Waals surface area contributed by atoms with Crippen LogP contribution in [0.2, 0.25) is 0 Å². The summed E-state index contributed by atoms with van der Waals surface area (Å²) in [6.45, 7) is 3.18. The van der Waals surface area contributed by atoms with Crippen LogP contribution in [0.4, 0.5) is 0 Å². The summed E-state index contributed by atoms with van der Waals surface area (Å²) < 4.78 is 4.08. The van der Waals surface area contributed by atoms with Crippen LogP contribution < -0.4 is 0 Å². The lowest BCUT2D eigenvalue weighted by atomic mass is 10.8. The Morgan fingerprint density at radius 2 is 2.00 bits per heavy atom. The van der Waals surface area contributed by atoms with Gasteiger partial charge in [-0.05, 0) is 6.58 Å². The zero-order chi connectivity index (χ0) is 3.86. The van der Waals surface area contributed by atoms with Crippen LogP contribution >= 0.6 is 0 Å². The molecule has 0 N–H and O–H groups in total. The third-order valence-electron chi connectivity index (χ3n) is 0.402. The van der Waals surface area contributed by atoms with Crippen LogP contribution in [0.1, 0.15) is 0 Å². The Kier molecular flexibility index (Phi) is 0.199. The first kappa shape index (κ1) is 2.45. The van der Waals surface area contributed by atoms with Crippen LogP contribution in [0.15, 0.2) is 12.3 Å². The molecule has 1 saturated heterocycles. The summed E-state index contributed by atoms with van der Waals surface area (Å²) in [4.78, 5) is 9.56. The molecule has 2 heteroatoms. The molecule has 1 fully saturated rings. The molecule has 5 heavy (non-hydrogen) atoms. The summed E-state index contributed by atoms with van der Waals surface area (Å²) in [6, 6.07) is 0. The van der Waals surface area contributed by atoms with E-state index in [1.165, 1.54) is 0 Å². The van der Waals surface area contributed by atoms with Crippen molar-refractivity contribution < 1.29 is 9.53 Å². The quantitative estimate of drug-likeness (QED) is 0.298. The van der Waals surface area contributed by atoms with Crippen LogP contribution in [-0.2, 0) is 9.53 Å². The Balaban J connectivity index is 2.81. The molecule has 0 atom stereocenters. The minimum absolute atomic E-state index is 0.273. The third kappa shape index (κ3) is 0.173. The molecule has 0 aromatic carbocycles. The predicted molar refractivity (Wildman–Crippen MR) is 15.2 cm³/mol. The molecule has 0 bridgehead atoms. The Labute approximate surface area is 29.0 Å². The molecule has 0 aliphatic carbocycles. The number of hydrogen-bond donors (Lipinski definition) is 0. The molecular formula is C3H2O2. The van der Waals surface area contributed by atoms with Crippen LogP contribution in [0.3, 0.4) is 0 Å². The molecule has 1 rings (SSSR count). The fraction of sp³-hybridized carbons (Fsp3) is 0. The van der Waals surface area contributed by atoms with Crippen molar-refractivity contribution in [3.05, 3.63) is 12.3 Å². The second kappa shape index (κ2) is 0.407. The average Bonchev–Trinajstić information content (AvgIpc) is 1.79. The second-order valence-corrected chi connectivity index (χ2v) is 0.813. The summed E-state index contributed by atoms with van der Waals surface area (Å²) in [5, 5.41) is 0. The lowest BCUT2D eigenvalue weighted by Gasteiger charge is -1.33. The smallest absolute Gasteiger partial charge is 0.379 e. The van der Waals surface area contributed by atoms with Crippen molar-refractivity contribution in [1.29, 1.82) is 0 Å². The van der Waals surface area contributed by atoms with Crippen molar-refractivity contribution in [3.8, 4) is 0 Å². The van der Waals surface area contributed by atoms with Gasteiger partial charge in [-0.3, -0.25) is 0 Å². The lowest BCUT2D eigenvalue weighted by molar-refractivity contribution is -0.117. The first-order valence-electron chi connectivity index (χ1n) is 1.22. The van der Waals surface area contributed by atoms with Crippen molar-refractivity contribution in [2.45, 2.75) is 0 Å². The van der Waals surface area contributed by atoms with Gasteiger partial charge in [-0.1, -0.05) is 0 Å². The van der Waals surface area contributed by atoms with E-state index in [1.54, 1.807) is 0 Å². The Bertz CT molecular complexity index is 81.1. The fourth-order valence-corrected chi connectivity index (χ4v) is 0.0864. The van der Waals surface area contributed by atoms with Crippen molar-refractivity contribution in [2.24, 2.45) is 0 Å². The molecule has 0 spiro atoms. The van der Waals surface area contributed by atoms with E-state index in [4.69, 9.17) is 0 Å². The molecule has 1 aliphatic heterocycles. The largest absolute Gasteiger partial charge is 0.414 e. The molecule has 0 unspecified atom stereocenters. The van der Waals surface area contributed by atoms with Gasteiger partial charge in [0.15, 0.2) is 0 Å². The highest BCUT2D eigenvalue weighted by Crippen LogP contribution is 2.11. The van der Waals surface area contributed by atoms with Gasteiger partial charge in [0.1, 0.15) is 0 Å². The van der Waals surface area contributed by atoms with Gasteiger partial charge < -0.3 is 4.74 Å². The summed E-state index contributed by atoms with van der Waals surface area (Å²) >= 11 is 0. The van der Waals surface area contributed by atoms with Crippen molar-refractivity contribution in [3.63, 3.8) is 0 Å². The number of carbonyl (C=O) groups is 1. The molecule has 1 aliphatic rings. The zero-order valence-corrected chi connectivity index (χ0v) is 2.52. The van der Waals surface area contributed by atoms with Crippen LogP contribution in [0.5, 0.6) is 0 Å². The van der Waals surface area contributed by atoms with Gasteiger partial charge in [0.25, 0.3) is 0 Å². The van der Waals surface area contributed by atoms with E-state index in [-0.39, 0.29) is 11.7 Å². The number of epoxide rings is 1. The Hall–Kier alpha value is -0.790. The van der Waals surface area contributed by atoms with E-state index in [9.17, 15) is 4.79 Å². The van der Waals surface area contributed by atoms with Crippen molar-refractivity contribution in [2.75, 3.05) is 0 Å². The van der Waals surface area contributed by atoms with Crippen molar-refractivity contribution >= 4 is 5.97 Å². The van der Waals surface area contributed by atoms with Gasteiger partial charge in [-0.2, -0.15) is 0 Å². The highest BCUT2D eigenvalue weighted by molar-refractivity contribution is 5.99. The lowest BCUT2D eigenvalue weighted by Crippen LogP contribution is -1.49. The second-order valence-electron chi connectivity index (χ2n) is 0.813. The highest BCUT2D eigenvalue weighted by Gasteiger charge is 2.26. The maximum atomic E-state index is 9.56. The number of rotatable bonds is 0. The van der Waals surface area contributed by atoms with E-state index < -0.39 is 0 Å². The number of carbonyl (C=O) groups excluding carboxylic acids is 1. The number of cyclic esters (lactones) is 1. The Morgan fingerprint density at radius 3 is 2.00 bits per heavy atom. The monoisotopic (exact) mass is 70.0 g/mol. The molecule has 0 aromatic rings. The van der Waals surface area contributed by atoms with Gasteiger partial charge in [-0.25, -0.2) is 4.79 Å². The maximum absolute atomic E-state index is 9.56. The minimum atomic E-state index is -0.273. The van der Waals surface area contributed by atoms with E-state index in [0.717, 1.165) is 0 Å². The topological polar surface area (TPSA) is 29.6 Å². The SMILES string of the molecule is C=C1OC1=O. The van der Waals surface area contributed by atoms with Crippen LogP contribution in [-0.4, -0.2) is 5.97 Å². The molecule has 0 aromatic heterocycles. The minimum Gasteiger partial charge on any atom is -0.414 e. The molecular weight excluding hydrogens is 68.0 g/mol. The molecule has 1 heterocycles. The number of ether oxygens (including phenoxy) is 1. The summed E-state index contributed by atoms with van der Waals surface area (Å²) in [7, 11) is 0. The summed E-state index contributed by atoms with van der Waals surface area (Å²) in [5.74, 6) is 0.00926. The van der Waals surface area contributed by atoms with Crippen molar-refractivity contribution in [1.82, 2.24) is 0 Å². The van der Waals surface area contributed by atoms with Gasteiger partial charge in [-0.15, -0.1) is 0 Å². The van der Waals surface area contributed by atoms with Crippen LogP contribution in [0.25, 0.3) is 0 Å². The summed E-state index contributed by atoms with van der Waals surface area (Å²) in [6.07, 6.45) is 0. The molecule has 26 valence electrons. The van der Waals surface area contributed by atoms with Gasteiger partial charge >= 0.3 is 5.97 Å². The standard InChI is InChI=1S/C3H2O2/c1-2-3(4)5-2/h1H2. The predicted octanol–water partition coefficient (Wildman–Crippen LogP) is 0.0569. The van der Waals surface area contributed by atoms with E-state index in [1.807, 2.05) is 0 Å². The third-order valence-corrected chi connectivity index (χ3v) is 0.402. The van der Waals surface area contributed by atoms with E-state index in [2.05, 4.69) is 11.3 Å². The number of hydrogen-bond acceptors (Lipinski definition) is 2. The van der Waals surface area contributed by atoms with E-state index >= 15 is 0 Å². The molecule has 0 saturated carbocycles. The zero-order valence-electron chi connectivity index (χ0n) is 2.52. The van der Waals surface area contributed by atoms with Gasteiger partial charge in [0, 0.05) is 0 Å². The Morgan fingerprint density at radius 1 is 1.80 bits per heavy atom. The van der Waals surface area contributed by atoms with E-state index in [0.29, 0.717) is 0 Å². The fourth-order valence-electron chi connectivity index (χ4n) is 0.0864.